The number of nitrogens with zero attached hydrogens (tertiary/aromatic N) is 5. The van der Waals surface area contributed by atoms with Gasteiger partial charge in [-0.2, -0.15) is 0 Å². The summed E-state index contributed by atoms with van der Waals surface area (Å²) in [5.74, 6) is 0. The van der Waals surface area contributed by atoms with Crippen molar-refractivity contribution in [3.63, 3.8) is 0 Å². The molecule has 0 unspecified atom stereocenters. The Bertz CT molecular complexity index is 3700. The summed E-state index contributed by atoms with van der Waals surface area (Å²) in [5, 5.41) is 4.07. The molecule has 0 spiro atoms. The zero-order valence-corrected chi connectivity index (χ0v) is 31.5. The maximum Gasteiger partial charge on any atom is 0.145 e. The highest BCUT2D eigenvalue weighted by atomic mass is 15.0. The summed E-state index contributed by atoms with van der Waals surface area (Å²) >= 11 is 0. The average molecular weight is 772 g/mol. The van der Waals surface area contributed by atoms with E-state index < -0.39 is 54.9 Å². The Balaban J connectivity index is 1.06. The van der Waals surface area contributed by atoms with Gasteiger partial charge >= 0.3 is 0 Å². The van der Waals surface area contributed by atoms with Gasteiger partial charge < -0.3 is 0 Å². The number of imidazole rings is 1. The fourth-order valence-electron chi connectivity index (χ4n) is 7.80. The zero-order chi connectivity index (χ0) is 49.9. The molecule has 11 aromatic rings. The summed E-state index contributed by atoms with van der Waals surface area (Å²) in [5.41, 5.74) is 3.47. The van der Waals surface area contributed by atoms with Gasteiger partial charge in [0.05, 0.1) is 34.1 Å². The highest BCUT2D eigenvalue weighted by Crippen LogP contribution is 2.38. The fraction of sp³-hybridized carbons (Fsp3) is 0.111. The lowest BCUT2D eigenvalue weighted by Gasteiger charge is -2.15. The predicted molar refractivity (Wildman–Crippen MR) is 242 cm³/mol. The second kappa shape index (κ2) is 14.9. The number of rotatable bonds is 11. The molecule has 5 heteroatoms. The van der Waals surface area contributed by atoms with Gasteiger partial charge in [-0.05, 0) is 113 Å². The smallest absolute Gasteiger partial charge is 0.145 e. The van der Waals surface area contributed by atoms with Gasteiger partial charge in [-0.15, -0.1) is 0 Å². The van der Waals surface area contributed by atoms with Gasteiger partial charge in [0.15, 0.2) is 0 Å². The maximum absolute atomic E-state index is 9.70. The first kappa shape index (κ1) is 24.5. The van der Waals surface area contributed by atoms with E-state index in [1.807, 2.05) is 34.7 Å². The fourth-order valence-corrected chi connectivity index (χ4v) is 7.80. The Morgan fingerprint density at radius 3 is 1.53 bits per heavy atom. The quantitative estimate of drug-likeness (QED) is 0.0971. The molecular weight excluding hydrogens is 719 g/mol. The summed E-state index contributed by atoms with van der Waals surface area (Å²) in [6, 6.07) is 40.5. The summed E-state index contributed by atoms with van der Waals surface area (Å²) in [7, 11) is 0. The van der Waals surface area contributed by atoms with Crippen LogP contribution >= 0.6 is 0 Å². The third-order valence-corrected chi connectivity index (χ3v) is 10.6. The van der Waals surface area contributed by atoms with Crippen molar-refractivity contribution in [2.75, 3.05) is 0 Å². The minimum atomic E-state index is -3.08. The lowest BCUT2D eigenvalue weighted by atomic mass is 9.93. The Morgan fingerprint density at radius 2 is 0.932 bits per heavy atom. The van der Waals surface area contributed by atoms with Crippen molar-refractivity contribution in [1.29, 1.82) is 0 Å². The average Bonchev–Trinajstić information content (AvgIpc) is 3.85. The highest BCUT2D eigenvalue weighted by molar-refractivity contribution is 6.23. The number of aromatic nitrogens is 5. The molecule has 0 aliphatic rings. The molecule has 6 heterocycles. The van der Waals surface area contributed by atoms with Crippen LogP contribution in [-0.2, 0) is 38.2 Å². The zero-order valence-electron chi connectivity index (χ0n) is 43.5. The first-order valence-electron chi connectivity index (χ1n) is 25.3. The van der Waals surface area contributed by atoms with E-state index in [0.29, 0.717) is 50.0 Å². The molecule has 5 aromatic carbocycles. The highest BCUT2D eigenvalue weighted by Gasteiger charge is 2.18. The molecule has 6 aromatic heterocycles. The van der Waals surface area contributed by atoms with Crippen LogP contribution in [-0.4, -0.2) is 24.3 Å². The molecule has 282 valence electrons. The minimum absolute atomic E-state index is 0.0819. The van der Waals surface area contributed by atoms with Crippen LogP contribution in [0.2, 0.25) is 0 Å². The molecule has 0 amide bonds. The van der Waals surface area contributed by atoms with Gasteiger partial charge in [-0.25, -0.2) is 4.98 Å². The van der Waals surface area contributed by atoms with Crippen LogP contribution in [0.5, 0.6) is 0 Å². The van der Waals surface area contributed by atoms with Crippen LogP contribution in [0.4, 0.5) is 0 Å². The SMILES string of the molecule is [2H]C([2H])(c1ccc(-c2ccccn2)cc1)C([2H])([2H])c1cc(C([2H])([2H])C([2H])([2H])c2ccc(-c3ccccn3)cc2)cc(C([2H])([2H])C([2H])([2H])c2ccc3c(c2)c2cnc4c5ccccc5c5ccnc3c5n24)c1. The number of fused-ring (bicyclic) bond motifs is 6. The normalized spacial score (nSPS) is 16.3. The molecule has 0 bridgehead atoms. The molecule has 59 heavy (non-hydrogen) atoms. The van der Waals surface area contributed by atoms with Crippen molar-refractivity contribution in [1.82, 2.24) is 24.3 Å². The molecule has 0 N–H and O–H groups in total. The topological polar surface area (TPSA) is 56.0 Å². The Labute approximate surface area is 359 Å². The van der Waals surface area contributed by atoms with Crippen molar-refractivity contribution in [2.45, 2.75) is 38.2 Å². The van der Waals surface area contributed by atoms with Crippen LogP contribution in [0, 0.1) is 0 Å². The van der Waals surface area contributed by atoms with E-state index in [1.54, 1.807) is 97.6 Å². The molecule has 0 aliphatic heterocycles. The number of aryl methyl sites for hydroxylation is 6. The van der Waals surface area contributed by atoms with Crippen molar-refractivity contribution in [3.8, 4) is 22.5 Å². The number of hydrogen-bond donors (Lipinski definition) is 0. The first-order valence-corrected chi connectivity index (χ1v) is 19.3. The number of hydrogen-bond acceptors (Lipinski definition) is 4. The van der Waals surface area contributed by atoms with Gasteiger partial charge in [0.1, 0.15) is 5.65 Å². The largest absolute Gasteiger partial charge is 0.289 e. The first-order chi connectivity index (χ1) is 33.7. The standard InChI is InChI=1S/C54H41N5/c1-2-8-47-44(7-1)46-27-30-57-52-45-26-21-38(34-48(45)51-35-58-54(47)59(51)53(46)52)13-16-41-32-39(14-11-36-17-22-42(23-18-36)49-9-3-5-28-55-49)31-40(33-41)15-12-37-19-24-43(25-20-37)50-10-4-6-29-56-50/h1-10,17-35H,11-16H2/i11D2,12D2,13D2,14D2,15D2,16D2. The minimum Gasteiger partial charge on any atom is -0.289 e. The number of pyridine rings is 5. The van der Waals surface area contributed by atoms with Crippen LogP contribution in [0.25, 0.3) is 71.6 Å². The molecule has 0 saturated heterocycles. The monoisotopic (exact) mass is 771 g/mol. The Morgan fingerprint density at radius 1 is 0.390 bits per heavy atom. The van der Waals surface area contributed by atoms with Gasteiger partial charge in [-0.1, -0.05) is 115 Å². The van der Waals surface area contributed by atoms with Crippen molar-refractivity contribution in [3.05, 3.63) is 210 Å². The Kier molecular flexibility index (Phi) is 6.20. The third-order valence-electron chi connectivity index (χ3n) is 10.6. The van der Waals surface area contributed by atoms with Crippen LogP contribution < -0.4 is 0 Å². The Hall–Kier alpha value is -7.24. The summed E-state index contributed by atoms with van der Waals surface area (Å²) in [6.07, 6.45) is -11.1. The molecule has 5 nitrogen and oxygen atoms in total. The molecule has 0 radical (unpaired) electrons. The van der Waals surface area contributed by atoms with Crippen LogP contribution in [0.15, 0.2) is 176 Å². The molecule has 11 rings (SSSR count). The molecule has 0 fully saturated rings. The van der Waals surface area contributed by atoms with Crippen molar-refractivity contribution < 1.29 is 16.4 Å². The van der Waals surface area contributed by atoms with Gasteiger partial charge in [0.2, 0.25) is 0 Å². The second-order valence-electron chi connectivity index (χ2n) is 14.3. The van der Waals surface area contributed by atoms with E-state index in [0.717, 1.165) is 39.9 Å². The summed E-state index contributed by atoms with van der Waals surface area (Å²) in [4.78, 5) is 18.3. The van der Waals surface area contributed by atoms with E-state index in [4.69, 9.17) is 9.97 Å². The van der Waals surface area contributed by atoms with Gasteiger partial charge in [0, 0.05) is 67.7 Å². The summed E-state index contributed by atoms with van der Waals surface area (Å²) < 4.78 is 116. The van der Waals surface area contributed by atoms with E-state index in [1.165, 1.54) is 30.3 Å². The van der Waals surface area contributed by atoms with Crippen molar-refractivity contribution >= 4 is 49.1 Å². The molecule has 0 saturated carbocycles. The van der Waals surface area contributed by atoms with Crippen LogP contribution in [0.3, 0.4) is 0 Å². The maximum atomic E-state index is 9.70. The predicted octanol–water partition coefficient (Wildman–Crippen LogP) is 12.3. The van der Waals surface area contributed by atoms with E-state index in [-0.39, 0.29) is 16.7 Å². The lowest BCUT2D eigenvalue weighted by molar-refractivity contribution is 0.904. The van der Waals surface area contributed by atoms with E-state index >= 15 is 0 Å². The lowest BCUT2D eigenvalue weighted by Crippen LogP contribution is -2.00. The summed E-state index contributed by atoms with van der Waals surface area (Å²) in [6.45, 7) is 0. The van der Waals surface area contributed by atoms with Crippen molar-refractivity contribution in [2.24, 2.45) is 0 Å². The van der Waals surface area contributed by atoms with E-state index in [2.05, 4.69) is 9.97 Å². The molecule has 0 atom stereocenters. The van der Waals surface area contributed by atoms with Gasteiger partial charge in [-0.3, -0.25) is 19.4 Å². The van der Waals surface area contributed by atoms with Gasteiger partial charge in [0.25, 0.3) is 0 Å². The van der Waals surface area contributed by atoms with Crippen LogP contribution in [0.1, 0.15) is 49.8 Å². The third kappa shape index (κ3) is 6.65. The molecular formula is C54H41N5. The van der Waals surface area contributed by atoms with E-state index in [9.17, 15) is 16.4 Å². The number of benzene rings is 5. The second-order valence-corrected chi connectivity index (χ2v) is 14.3. The molecule has 0 aliphatic carbocycles.